The van der Waals surface area contributed by atoms with Gasteiger partial charge in [0.25, 0.3) is 0 Å². The molecule has 0 bridgehead atoms. The number of aliphatic hydroxyl groups excluding tert-OH is 2. The Morgan fingerprint density at radius 2 is 1.61 bits per heavy atom. The minimum Gasteiger partial charge on any atom is -0.392 e. The number of benzene rings is 2. The summed E-state index contributed by atoms with van der Waals surface area (Å²) in [4.78, 5) is 0. The van der Waals surface area contributed by atoms with Crippen molar-refractivity contribution in [3.63, 3.8) is 0 Å². The fourth-order valence-corrected chi connectivity index (χ4v) is 2.95. The highest BCUT2D eigenvalue weighted by Crippen LogP contribution is 2.29. The van der Waals surface area contributed by atoms with Crippen LogP contribution >= 0.6 is 0 Å². The third-order valence-corrected chi connectivity index (χ3v) is 4.77. The van der Waals surface area contributed by atoms with Gasteiger partial charge in [-0.2, -0.15) is 0 Å². The molecule has 2 N–H and O–H groups in total. The van der Waals surface area contributed by atoms with Gasteiger partial charge in [-0.05, 0) is 52.5 Å². The fourth-order valence-electron chi connectivity index (χ4n) is 2.95. The zero-order valence-electron chi connectivity index (χ0n) is 14.5. The molecule has 2 heteroatoms. The van der Waals surface area contributed by atoms with Gasteiger partial charge >= 0.3 is 0 Å². The fraction of sp³-hybridized carbons (Fsp3) is 0.429. The van der Waals surface area contributed by atoms with Crippen LogP contribution in [0.4, 0.5) is 0 Å². The zero-order valence-corrected chi connectivity index (χ0v) is 14.5. The molecule has 0 atom stereocenters. The van der Waals surface area contributed by atoms with Gasteiger partial charge in [-0.3, -0.25) is 0 Å². The van der Waals surface area contributed by atoms with E-state index in [1.807, 2.05) is 12.1 Å². The van der Waals surface area contributed by atoms with E-state index in [0.29, 0.717) is 0 Å². The lowest BCUT2D eigenvalue weighted by Gasteiger charge is -2.26. The molecule has 2 rings (SSSR count). The van der Waals surface area contributed by atoms with Crippen LogP contribution in [0.3, 0.4) is 0 Å². The van der Waals surface area contributed by atoms with Gasteiger partial charge in [0, 0.05) is 0 Å². The molecular formula is C21H28O2. The van der Waals surface area contributed by atoms with E-state index in [-0.39, 0.29) is 18.6 Å². The Morgan fingerprint density at radius 3 is 2.26 bits per heavy atom. The Bertz CT molecular complexity index is 644. The second kappa shape index (κ2) is 7.76. The molecule has 0 saturated heterocycles. The van der Waals surface area contributed by atoms with E-state index < -0.39 is 0 Å². The maximum absolute atomic E-state index is 9.43. The predicted octanol–water partition coefficient (Wildman–Crippen LogP) is 4.14. The van der Waals surface area contributed by atoms with Crippen molar-refractivity contribution < 1.29 is 10.2 Å². The third-order valence-electron chi connectivity index (χ3n) is 4.77. The molecule has 0 amide bonds. The summed E-state index contributed by atoms with van der Waals surface area (Å²) in [7, 11) is 0. The molecule has 0 aliphatic carbocycles. The smallest absolute Gasteiger partial charge is 0.0685 e. The first-order chi connectivity index (χ1) is 11.0. The van der Waals surface area contributed by atoms with Gasteiger partial charge in [0.2, 0.25) is 0 Å². The summed E-state index contributed by atoms with van der Waals surface area (Å²) in [6.07, 6.45) is 3.07. The highest BCUT2D eigenvalue weighted by molar-refractivity contribution is 5.33. The van der Waals surface area contributed by atoms with Crippen molar-refractivity contribution >= 4 is 0 Å². The van der Waals surface area contributed by atoms with E-state index in [2.05, 4.69) is 51.1 Å². The summed E-state index contributed by atoms with van der Waals surface area (Å²) in [6, 6.07) is 14.9. The first-order valence-corrected chi connectivity index (χ1v) is 8.42. The maximum atomic E-state index is 9.43. The average Bonchev–Trinajstić information content (AvgIpc) is 2.59. The highest BCUT2D eigenvalue weighted by Gasteiger charge is 2.20. The monoisotopic (exact) mass is 312 g/mol. The molecule has 0 heterocycles. The highest BCUT2D eigenvalue weighted by atomic mass is 16.3. The van der Waals surface area contributed by atoms with Gasteiger partial charge in [0.05, 0.1) is 13.2 Å². The van der Waals surface area contributed by atoms with E-state index in [1.165, 1.54) is 16.7 Å². The largest absolute Gasteiger partial charge is 0.392 e. The molecule has 23 heavy (non-hydrogen) atoms. The van der Waals surface area contributed by atoms with Crippen LogP contribution in [-0.4, -0.2) is 10.2 Å². The van der Waals surface area contributed by atoms with Crippen molar-refractivity contribution in [1.29, 1.82) is 0 Å². The zero-order chi connectivity index (χ0) is 16.9. The maximum Gasteiger partial charge on any atom is 0.0685 e. The topological polar surface area (TPSA) is 40.5 Å². The summed E-state index contributed by atoms with van der Waals surface area (Å²) in [5.74, 6) is 0. The molecule has 124 valence electrons. The lowest BCUT2D eigenvalue weighted by molar-refractivity contribution is 0.260. The molecule has 0 aliphatic rings. The lowest BCUT2D eigenvalue weighted by Crippen LogP contribution is -2.18. The molecule has 2 aromatic rings. The average molecular weight is 312 g/mol. The molecule has 2 nitrogen and oxygen atoms in total. The molecule has 0 radical (unpaired) electrons. The Kier molecular flexibility index (Phi) is 5.97. The summed E-state index contributed by atoms with van der Waals surface area (Å²) >= 11 is 0. The van der Waals surface area contributed by atoms with Crippen LogP contribution in [-0.2, 0) is 31.5 Å². The van der Waals surface area contributed by atoms with Gasteiger partial charge in [0.15, 0.2) is 0 Å². The van der Waals surface area contributed by atoms with Gasteiger partial charge in [-0.15, -0.1) is 0 Å². The Labute approximate surface area is 139 Å². The van der Waals surface area contributed by atoms with Crippen LogP contribution in [0.5, 0.6) is 0 Å². The summed E-state index contributed by atoms with van der Waals surface area (Å²) in [5, 5.41) is 18.7. The van der Waals surface area contributed by atoms with E-state index in [4.69, 9.17) is 0 Å². The summed E-state index contributed by atoms with van der Waals surface area (Å²) < 4.78 is 0. The van der Waals surface area contributed by atoms with Gasteiger partial charge < -0.3 is 10.2 Å². The van der Waals surface area contributed by atoms with E-state index in [0.717, 1.165) is 30.4 Å². The van der Waals surface area contributed by atoms with E-state index >= 15 is 0 Å². The van der Waals surface area contributed by atoms with Crippen LogP contribution in [0.1, 0.15) is 55.0 Å². The first kappa shape index (κ1) is 17.7. The van der Waals surface area contributed by atoms with Crippen molar-refractivity contribution in [3.8, 4) is 0 Å². The molecular weight excluding hydrogens is 284 g/mol. The van der Waals surface area contributed by atoms with Crippen molar-refractivity contribution in [2.75, 3.05) is 0 Å². The first-order valence-electron chi connectivity index (χ1n) is 8.42. The SMILES string of the molecule is CCc1cccc(C(C)(C)CCc2ccc(CO)c(CO)c2)c1. The molecule has 0 aliphatic heterocycles. The predicted molar refractivity (Wildman–Crippen MR) is 95.5 cm³/mol. The molecule has 0 saturated carbocycles. The van der Waals surface area contributed by atoms with Crippen molar-refractivity contribution in [1.82, 2.24) is 0 Å². The number of aliphatic hydroxyl groups is 2. The summed E-state index contributed by atoms with van der Waals surface area (Å²) in [5.41, 5.74) is 5.73. The molecule has 0 spiro atoms. The second-order valence-electron chi connectivity index (χ2n) is 6.86. The normalized spacial score (nSPS) is 11.7. The molecule has 0 aromatic heterocycles. The van der Waals surface area contributed by atoms with Crippen molar-refractivity contribution in [3.05, 3.63) is 70.3 Å². The van der Waals surface area contributed by atoms with Crippen LogP contribution < -0.4 is 0 Å². The number of hydrogen-bond donors (Lipinski definition) is 2. The Balaban J connectivity index is 2.12. The molecule has 0 unspecified atom stereocenters. The minimum atomic E-state index is -0.0223. The molecule has 2 aromatic carbocycles. The van der Waals surface area contributed by atoms with Gasteiger partial charge in [0.1, 0.15) is 0 Å². The second-order valence-corrected chi connectivity index (χ2v) is 6.86. The molecule has 0 fully saturated rings. The van der Waals surface area contributed by atoms with E-state index in [9.17, 15) is 10.2 Å². The van der Waals surface area contributed by atoms with Crippen LogP contribution in [0.15, 0.2) is 42.5 Å². The van der Waals surface area contributed by atoms with Gasteiger partial charge in [-0.1, -0.05) is 63.2 Å². The Morgan fingerprint density at radius 1 is 0.870 bits per heavy atom. The quantitative estimate of drug-likeness (QED) is 0.806. The Hall–Kier alpha value is -1.64. The number of hydrogen-bond acceptors (Lipinski definition) is 2. The standard InChI is InChI=1S/C21H28O2/c1-4-16-6-5-7-20(13-16)21(2,3)11-10-17-8-9-18(14-22)19(12-17)15-23/h5-9,12-13,22-23H,4,10-11,14-15H2,1-3H3. The van der Waals surface area contributed by atoms with Crippen molar-refractivity contribution in [2.24, 2.45) is 0 Å². The van der Waals surface area contributed by atoms with Gasteiger partial charge in [-0.25, -0.2) is 0 Å². The van der Waals surface area contributed by atoms with Crippen LogP contribution in [0.25, 0.3) is 0 Å². The number of aryl methyl sites for hydroxylation is 2. The third kappa shape index (κ3) is 4.43. The van der Waals surface area contributed by atoms with Crippen LogP contribution in [0, 0.1) is 0 Å². The summed E-state index contributed by atoms with van der Waals surface area (Å²) in [6.45, 7) is 6.72. The lowest BCUT2D eigenvalue weighted by atomic mass is 9.79. The number of rotatable bonds is 7. The minimum absolute atomic E-state index is 0.0222. The van der Waals surface area contributed by atoms with E-state index in [1.54, 1.807) is 0 Å². The van der Waals surface area contributed by atoms with Crippen molar-refractivity contribution in [2.45, 2.75) is 58.7 Å². The van der Waals surface area contributed by atoms with Crippen LogP contribution in [0.2, 0.25) is 0 Å².